The minimum Gasteiger partial charge on any atom is -0.508 e. The highest BCUT2D eigenvalue weighted by Crippen LogP contribution is 2.22. The van der Waals surface area contributed by atoms with E-state index in [4.69, 9.17) is 4.74 Å². The summed E-state index contributed by atoms with van der Waals surface area (Å²) >= 11 is 0. The Morgan fingerprint density at radius 3 is 2.45 bits per heavy atom. The van der Waals surface area contributed by atoms with Crippen molar-refractivity contribution in [3.05, 3.63) is 65.0 Å². The van der Waals surface area contributed by atoms with Crippen molar-refractivity contribution < 1.29 is 19.0 Å². The largest absolute Gasteiger partial charge is 0.508 e. The number of carbonyl (C=O) groups excluding carboxylic acids is 1. The van der Waals surface area contributed by atoms with E-state index in [1.165, 1.54) is 18.2 Å². The zero-order valence-corrected chi connectivity index (χ0v) is 11.3. The van der Waals surface area contributed by atoms with Crippen LogP contribution in [0.5, 0.6) is 5.75 Å². The van der Waals surface area contributed by atoms with Gasteiger partial charge in [0.05, 0.1) is 5.56 Å². The second kappa shape index (κ2) is 5.74. The van der Waals surface area contributed by atoms with Crippen LogP contribution in [0.1, 0.15) is 34.5 Å². The van der Waals surface area contributed by atoms with Crippen LogP contribution >= 0.6 is 0 Å². The summed E-state index contributed by atoms with van der Waals surface area (Å²) < 4.78 is 18.1. The number of halogens is 1. The Hall–Kier alpha value is -2.36. The first-order chi connectivity index (χ1) is 9.47. The van der Waals surface area contributed by atoms with Gasteiger partial charge in [-0.05, 0) is 49.2 Å². The normalized spacial score (nSPS) is 11.9. The number of hydrogen-bond acceptors (Lipinski definition) is 3. The molecule has 0 aliphatic rings. The highest BCUT2D eigenvalue weighted by atomic mass is 19.1. The number of ether oxygens (including phenoxy) is 1. The molecule has 0 aromatic heterocycles. The third-order valence-electron chi connectivity index (χ3n) is 3.07. The van der Waals surface area contributed by atoms with Crippen LogP contribution in [0.4, 0.5) is 4.39 Å². The molecular weight excluding hydrogens is 259 g/mol. The fourth-order valence-corrected chi connectivity index (χ4v) is 1.77. The average molecular weight is 274 g/mol. The van der Waals surface area contributed by atoms with Crippen LogP contribution in [0.25, 0.3) is 0 Å². The quantitative estimate of drug-likeness (QED) is 0.867. The van der Waals surface area contributed by atoms with Gasteiger partial charge in [-0.15, -0.1) is 0 Å². The Morgan fingerprint density at radius 2 is 1.85 bits per heavy atom. The van der Waals surface area contributed by atoms with Gasteiger partial charge in [0.2, 0.25) is 0 Å². The van der Waals surface area contributed by atoms with Crippen molar-refractivity contribution in [1.29, 1.82) is 0 Å². The second-order valence-corrected chi connectivity index (χ2v) is 4.60. The SMILES string of the molecule is Cc1ccc(C(=O)OC(C)c2ccc(F)cc2)cc1O. The zero-order chi connectivity index (χ0) is 14.7. The molecule has 20 heavy (non-hydrogen) atoms. The van der Waals surface area contributed by atoms with E-state index in [0.29, 0.717) is 11.1 Å². The highest BCUT2D eigenvalue weighted by molar-refractivity contribution is 5.90. The van der Waals surface area contributed by atoms with Gasteiger partial charge in [0.25, 0.3) is 0 Å². The number of rotatable bonds is 3. The van der Waals surface area contributed by atoms with Crippen LogP contribution in [-0.4, -0.2) is 11.1 Å². The number of phenolic OH excluding ortho intramolecular Hbond substituents is 1. The van der Waals surface area contributed by atoms with Crippen LogP contribution in [0.2, 0.25) is 0 Å². The second-order valence-electron chi connectivity index (χ2n) is 4.60. The number of phenols is 1. The van der Waals surface area contributed by atoms with Crippen LogP contribution in [-0.2, 0) is 4.74 Å². The Labute approximate surface area is 116 Å². The topological polar surface area (TPSA) is 46.5 Å². The maximum absolute atomic E-state index is 12.8. The first-order valence-electron chi connectivity index (χ1n) is 6.23. The van der Waals surface area contributed by atoms with Crippen molar-refractivity contribution >= 4 is 5.97 Å². The van der Waals surface area contributed by atoms with Gasteiger partial charge >= 0.3 is 5.97 Å². The molecule has 2 rings (SSSR count). The first-order valence-corrected chi connectivity index (χ1v) is 6.23. The third-order valence-corrected chi connectivity index (χ3v) is 3.07. The summed E-state index contributed by atoms with van der Waals surface area (Å²) in [5.74, 6) is -0.818. The number of hydrogen-bond donors (Lipinski definition) is 1. The molecule has 0 fully saturated rings. The molecular formula is C16H15FO3. The van der Waals surface area contributed by atoms with Crippen LogP contribution in [0, 0.1) is 12.7 Å². The van der Waals surface area contributed by atoms with E-state index in [0.717, 1.165) is 0 Å². The molecule has 0 aliphatic heterocycles. The molecule has 0 amide bonds. The van der Waals surface area contributed by atoms with Gasteiger partial charge in [0.15, 0.2) is 0 Å². The van der Waals surface area contributed by atoms with E-state index in [1.807, 2.05) is 0 Å². The maximum atomic E-state index is 12.8. The summed E-state index contributed by atoms with van der Waals surface area (Å²) in [6.45, 7) is 3.45. The van der Waals surface area contributed by atoms with Crippen molar-refractivity contribution in [2.45, 2.75) is 20.0 Å². The Balaban J connectivity index is 2.10. The molecule has 2 aromatic carbocycles. The lowest BCUT2D eigenvalue weighted by molar-refractivity contribution is 0.0337. The third kappa shape index (κ3) is 3.15. The lowest BCUT2D eigenvalue weighted by Gasteiger charge is -2.14. The fraction of sp³-hybridized carbons (Fsp3) is 0.188. The molecule has 104 valence electrons. The van der Waals surface area contributed by atoms with Gasteiger partial charge < -0.3 is 9.84 Å². The zero-order valence-electron chi connectivity index (χ0n) is 11.3. The minimum atomic E-state index is -0.530. The van der Waals surface area contributed by atoms with Gasteiger partial charge in [-0.3, -0.25) is 0 Å². The summed E-state index contributed by atoms with van der Waals surface area (Å²) in [6.07, 6.45) is -0.494. The molecule has 0 saturated heterocycles. The van der Waals surface area contributed by atoms with Crippen molar-refractivity contribution in [2.75, 3.05) is 0 Å². The summed E-state index contributed by atoms with van der Waals surface area (Å²) in [6, 6.07) is 10.4. The standard InChI is InChI=1S/C16H15FO3/c1-10-3-4-13(9-15(10)18)16(19)20-11(2)12-5-7-14(17)8-6-12/h3-9,11,18H,1-2H3. The first kappa shape index (κ1) is 14.1. The fourth-order valence-electron chi connectivity index (χ4n) is 1.77. The van der Waals surface area contributed by atoms with E-state index in [9.17, 15) is 14.3 Å². The molecule has 0 heterocycles. The molecule has 0 bridgehead atoms. The molecule has 2 aromatic rings. The van der Waals surface area contributed by atoms with Crippen LogP contribution in [0.15, 0.2) is 42.5 Å². The molecule has 1 unspecified atom stereocenters. The number of esters is 1. The predicted molar refractivity (Wildman–Crippen MR) is 73.1 cm³/mol. The van der Waals surface area contributed by atoms with Gasteiger partial charge in [-0.2, -0.15) is 0 Å². The Kier molecular flexibility index (Phi) is 4.03. The maximum Gasteiger partial charge on any atom is 0.338 e. The summed E-state index contributed by atoms with van der Waals surface area (Å²) in [7, 11) is 0. The van der Waals surface area contributed by atoms with Gasteiger partial charge in [0.1, 0.15) is 17.7 Å². The Morgan fingerprint density at radius 1 is 1.20 bits per heavy atom. The number of aromatic hydroxyl groups is 1. The van der Waals surface area contributed by atoms with Crippen molar-refractivity contribution in [2.24, 2.45) is 0 Å². The minimum absolute atomic E-state index is 0.0499. The Bertz CT molecular complexity index is 620. The van der Waals surface area contributed by atoms with Crippen molar-refractivity contribution in [1.82, 2.24) is 0 Å². The molecule has 1 N–H and O–H groups in total. The van der Waals surface area contributed by atoms with E-state index in [2.05, 4.69) is 0 Å². The van der Waals surface area contributed by atoms with Crippen LogP contribution in [0.3, 0.4) is 0 Å². The van der Waals surface area contributed by atoms with Gasteiger partial charge in [-0.1, -0.05) is 18.2 Å². The number of carbonyl (C=O) groups is 1. The van der Waals surface area contributed by atoms with E-state index >= 15 is 0 Å². The molecule has 1 atom stereocenters. The van der Waals surface area contributed by atoms with E-state index in [-0.39, 0.29) is 17.1 Å². The average Bonchev–Trinajstić information content (AvgIpc) is 2.42. The highest BCUT2D eigenvalue weighted by Gasteiger charge is 2.14. The predicted octanol–water partition coefficient (Wildman–Crippen LogP) is 3.76. The summed E-state index contributed by atoms with van der Waals surface area (Å²) in [5.41, 5.74) is 1.67. The molecule has 0 saturated carbocycles. The number of benzene rings is 2. The molecule has 0 spiro atoms. The van der Waals surface area contributed by atoms with E-state index < -0.39 is 12.1 Å². The summed E-state index contributed by atoms with van der Waals surface area (Å²) in [5, 5.41) is 9.58. The summed E-state index contributed by atoms with van der Waals surface area (Å²) in [4.78, 5) is 12.0. The van der Waals surface area contributed by atoms with Crippen molar-refractivity contribution in [3.8, 4) is 5.75 Å². The molecule has 4 heteroatoms. The van der Waals surface area contributed by atoms with Gasteiger partial charge in [0, 0.05) is 0 Å². The monoisotopic (exact) mass is 274 g/mol. The van der Waals surface area contributed by atoms with Crippen LogP contribution < -0.4 is 0 Å². The lowest BCUT2D eigenvalue weighted by atomic mass is 10.1. The molecule has 3 nitrogen and oxygen atoms in total. The van der Waals surface area contributed by atoms with E-state index in [1.54, 1.807) is 38.1 Å². The number of aryl methyl sites for hydroxylation is 1. The lowest BCUT2D eigenvalue weighted by Crippen LogP contribution is -2.09. The molecule has 0 aliphatic carbocycles. The smallest absolute Gasteiger partial charge is 0.338 e. The molecule has 0 radical (unpaired) electrons. The van der Waals surface area contributed by atoms with Gasteiger partial charge in [-0.25, -0.2) is 9.18 Å². The van der Waals surface area contributed by atoms with Crippen molar-refractivity contribution in [3.63, 3.8) is 0 Å².